The molecule has 1 aromatic rings. The summed E-state index contributed by atoms with van der Waals surface area (Å²) < 4.78 is 35.6. The van der Waals surface area contributed by atoms with Crippen molar-refractivity contribution in [3.8, 4) is 0 Å². The largest absolute Gasteiger partial charge is 0.434 e. The van der Waals surface area contributed by atoms with E-state index >= 15 is 0 Å². The maximum absolute atomic E-state index is 11.9. The van der Waals surface area contributed by atoms with Crippen LogP contribution in [-0.2, 0) is 6.18 Å². The van der Waals surface area contributed by atoms with E-state index in [0.717, 1.165) is 5.51 Å². The molecule has 0 aromatic carbocycles. The Bertz CT molecular complexity index is 267. The Kier molecular flexibility index (Phi) is 1.95. The zero-order valence-electron chi connectivity index (χ0n) is 5.05. The van der Waals surface area contributed by atoms with Crippen LogP contribution in [0.4, 0.5) is 13.2 Å². The Labute approximate surface area is 63.7 Å². The molecule has 0 amide bonds. The van der Waals surface area contributed by atoms with Gasteiger partial charge in [0.25, 0.3) is 0 Å². The molecule has 0 N–H and O–H groups in total. The van der Waals surface area contributed by atoms with Crippen molar-refractivity contribution in [1.82, 2.24) is 4.98 Å². The summed E-state index contributed by atoms with van der Waals surface area (Å²) >= 11 is 0.677. The predicted molar refractivity (Wildman–Crippen MR) is 32.5 cm³/mol. The Morgan fingerprint density at radius 1 is 1.55 bits per heavy atom. The SMILES string of the molecule is O=Cc1scnc1C(F)(F)F. The van der Waals surface area contributed by atoms with Crippen molar-refractivity contribution in [3.05, 3.63) is 16.1 Å². The monoisotopic (exact) mass is 181 g/mol. The number of carbonyl (C=O) groups is 1. The van der Waals surface area contributed by atoms with Crippen LogP contribution in [0, 0.1) is 0 Å². The van der Waals surface area contributed by atoms with Crippen LogP contribution in [0.5, 0.6) is 0 Å². The fourth-order valence-corrected chi connectivity index (χ4v) is 1.16. The number of thiazole rings is 1. The van der Waals surface area contributed by atoms with E-state index in [2.05, 4.69) is 4.98 Å². The highest BCUT2D eigenvalue weighted by atomic mass is 32.1. The molecule has 0 aliphatic rings. The van der Waals surface area contributed by atoms with Crippen molar-refractivity contribution in [2.24, 2.45) is 0 Å². The minimum Gasteiger partial charge on any atom is -0.297 e. The van der Waals surface area contributed by atoms with Gasteiger partial charge in [-0.2, -0.15) is 13.2 Å². The second-order valence-electron chi connectivity index (χ2n) is 1.68. The first kappa shape index (κ1) is 8.19. The number of rotatable bonds is 1. The Morgan fingerprint density at radius 3 is 2.55 bits per heavy atom. The second-order valence-corrected chi connectivity index (χ2v) is 2.57. The number of nitrogens with zero attached hydrogens (tertiary/aromatic N) is 1. The third-order valence-electron chi connectivity index (χ3n) is 0.970. The van der Waals surface area contributed by atoms with Gasteiger partial charge >= 0.3 is 6.18 Å². The van der Waals surface area contributed by atoms with Gasteiger partial charge in [-0.25, -0.2) is 4.98 Å². The molecule has 2 nitrogen and oxygen atoms in total. The van der Waals surface area contributed by atoms with Crippen molar-refractivity contribution in [2.45, 2.75) is 6.18 Å². The van der Waals surface area contributed by atoms with E-state index in [0.29, 0.717) is 11.3 Å². The van der Waals surface area contributed by atoms with Crippen LogP contribution in [0.3, 0.4) is 0 Å². The molecular weight excluding hydrogens is 179 g/mol. The molecular formula is C5H2F3NOS. The summed E-state index contributed by atoms with van der Waals surface area (Å²) in [4.78, 5) is 12.6. The third-order valence-corrected chi connectivity index (χ3v) is 1.72. The van der Waals surface area contributed by atoms with Crippen molar-refractivity contribution in [1.29, 1.82) is 0 Å². The Balaban J connectivity index is 3.12. The number of hydrogen-bond acceptors (Lipinski definition) is 3. The number of aromatic nitrogens is 1. The zero-order valence-corrected chi connectivity index (χ0v) is 5.87. The first-order chi connectivity index (χ1) is 5.05. The number of halogens is 3. The first-order valence-electron chi connectivity index (χ1n) is 2.51. The quantitative estimate of drug-likeness (QED) is 0.620. The minimum atomic E-state index is -4.52. The van der Waals surface area contributed by atoms with Crippen LogP contribution in [0.15, 0.2) is 5.51 Å². The van der Waals surface area contributed by atoms with Gasteiger partial charge in [-0.15, -0.1) is 11.3 Å². The molecule has 0 aliphatic heterocycles. The summed E-state index contributed by atoms with van der Waals surface area (Å²) in [6, 6.07) is 0. The van der Waals surface area contributed by atoms with Gasteiger partial charge in [0.1, 0.15) is 0 Å². The van der Waals surface area contributed by atoms with Crippen LogP contribution in [0.2, 0.25) is 0 Å². The first-order valence-corrected chi connectivity index (χ1v) is 3.39. The molecule has 1 rings (SSSR count). The summed E-state index contributed by atoms with van der Waals surface area (Å²) in [5, 5.41) is 0. The molecule has 11 heavy (non-hydrogen) atoms. The molecule has 0 saturated carbocycles. The summed E-state index contributed by atoms with van der Waals surface area (Å²) in [6.07, 6.45) is -4.36. The Morgan fingerprint density at radius 2 is 2.18 bits per heavy atom. The van der Waals surface area contributed by atoms with Crippen LogP contribution < -0.4 is 0 Å². The van der Waals surface area contributed by atoms with Crippen molar-refractivity contribution >= 4 is 17.6 Å². The maximum Gasteiger partial charge on any atom is 0.434 e. The average molecular weight is 181 g/mol. The molecule has 60 valence electrons. The van der Waals surface area contributed by atoms with Crippen molar-refractivity contribution < 1.29 is 18.0 Å². The third kappa shape index (κ3) is 1.56. The van der Waals surface area contributed by atoms with Crippen LogP contribution >= 0.6 is 11.3 Å². The molecule has 0 bridgehead atoms. The van der Waals surface area contributed by atoms with Gasteiger partial charge in [-0.05, 0) is 0 Å². The highest BCUT2D eigenvalue weighted by Crippen LogP contribution is 2.31. The molecule has 0 fully saturated rings. The van der Waals surface area contributed by atoms with E-state index in [1.807, 2.05) is 0 Å². The summed E-state index contributed by atoms with van der Waals surface area (Å²) in [7, 11) is 0. The van der Waals surface area contributed by atoms with Gasteiger partial charge < -0.3 is 0 Å². The van der Waals surface area contributed by atoms with Crippen LogP contribution in [0.25, 0.3) is 0 Å². The maximum atomic E-state index is 11.9. The lowest BCUT2D eigenvalue weighted by atomic mass is 10.4. The van der Waals surface area contributed by atoms with Gasteiger partial charge in [-0.3, -0.25) is 4.79 Å². The number of carbonyl (C=O) groups excluding carboxylic acids is 1. The summed E-state index contributed by atoms with van der Waals surface area (Å²) in [5.41, 5.74) is -0.107. The standard InChI is InChI=1S/C5H2F3NOS/c6-5(7,8)4-3(1-10)11-2-9-4/h1-2H. The highest BCUT2D eigenvalue weighted by molar-refractivity contribution is 7.11. The van der Waals surface area contributed by atoms with Gasteiger partial charge in [0, 0.05) is 0 Å². The van der Waals surface area contributed by atoms with E-state index in [-0.39, 0.29) is 11.2 Å². The van der Waals surface area contributed by atoms with E-state index < -0.39 is 11.9 Å². The van der Waals surface area contributed by atoms with Crippen LogP contribution in [-0.4, -0.2) is 11.3 Å². The Hall–Kier alpha value is -0.910. The topological polar surface area (TPSA) is 30.0 Å². The lowest BCUT2D eigenvalue weighted by Crippen LogP contribution is -2.07. The zero-order chi connectivity index (χ0) is 8.48. The van der Waals surface area contributed by atoms with E-state index in [4.69, 9.17) is 0 Å². The van der Waals surface area contributed by atoms with Crippen LogP contribution in [0.1, 0.15) is 15.4 Å². The second kappa shape index (κ2) is 2.61. The number of aldehydes is 1. The molecule has 0 saturated heterocycles. The van der Waals surface area contributed by atoms with E-state index in [9.17, 15) is 18.0 Å². The molecule has 1 aromatic heterocycles. The van der Waals surface area contributed by atoms with Crippen molar-refractivity contribution in [3.63, 3.8) is 0 Å². The molecule has 0 spiro atoms. The van der Waals surface area contributed by atoms with Crippen molar-refractivity contribution in [2.75, 3.05) is 0 Å². The highest BCUT2D eigenvalue weighted by Gasteiger charge is 2.36. The molecule has 1 heterocycles. The normalized spacial score (nSPS) is 11.5. The average Bonchev–Trinajstić information content (AvgIpc) is 2.31. The van der Waals surface area contributed by atoms with Gasteiger partial charge in [0.15, 0.2) is 12.0 Å². The number of hydrogen-bond donors (Lipinski definition) is 0. The van der Waals surface area contributed by atoms with Gasteiger partial charge in [0.05, 0.1) is 10.4 Å². The molecule has 0 atom stereocenters. The van der Waals surface area contributed by atoms with E-state index in [1.54, 1.807) is 0 Å². The summed E-state index contributed by atoms with van der Waals surface area (Å²) in [5.74, 6) is 0. The smallest absolute Gasteiger partial charge is 0.297 e. The number of alkyl halides is 3. The van der Waals surface area contributed by atoms with Gasteiger partial charge in [-0.1, -0.05) is 0 Å². The molecule has 0 unspecified atom stereocenters. The molecule has 6 heteroatoms. The molecule has 0 radical (unpaired) electrons. The lowest BCUT2D eigenvalue weighted by molar-refractivity contribution is -0.140. The fraction of sp³-hybridized carbons (Fsp3) is 0.200. The summed E-state index contributed by atoms with van der Waals surface area (Å²) in [6.45, 7) is 0. The van der Waals surface area contributed by atoms with E-state index in [1.165, 1.54) is 0 Å². The van der Waals surface area contributed by atoms with Gasteiger partial charge in [0.2, 0.25) is 0 Å². The predicted octanol–water partition coefficient (Wildman–Crippen LogP) is 1.97. The lowest BCUT2D eigenvalue weighted by Gasteiger charge is -2.00. The fourth-order valence-electron chi connectivity index (χ4n) is 0.552. The minimum absolute atomic E-state index is 0.153. The molecule has 0 aliphatic carbocycles.